The molecular formula is C15H22BrNO2. The van der Waals surface area contributed by atoms with Crippen LogP contribution in [0.1, 0.15) is 31.4 Å². The maximum Gasteiger partial charge on any atom is 0.257 e. The first-order valence-electron chi connectivity index (χ1n) is 6.56. The van der Waals surface area contributed by atoms with Crippen molar-refractivity contribution in [2.24, 2.45) is 5.92 Å². The predicted molar refractivity (Wildman–Crippen MR) is 81.6 cm³/mol. The van der Waals surface area contributed by atoms with Crippen molar-refractivity contribution >= 4 is 21.8 Å². The smallest absolute Gasteiger partial charge is 0.257 e. The summed E-state index contributed by atoms with van der Waals surface area (Å²) in [5.41, 5.74) is 2.21. The molecule has 0 saturated carbocycles. The minimum Gasteiger partial charge on any atom is -0.484 e. The molecule has 0 unspecified atom stereocenters. The highest BCUT2D eigenvalue weighted by atomic mass is 79.9. The van der Waals surface area contributed by atoms with E-state index in [1.807, 2.05) is 26.0 Å². The van der Waals surface area contributed by atoms with Crippen LogP contribution < -0.4 is 10.1 Å². The lowest BCUT2D eigenvalue weighted by molar-refractivity contribution is -0.123. The molecule has 1 N–H and O–H groups in total. The first-order valence-corrected chi connectivity index (χ1v) is 7.35. The standard InChI is InChI=1S/C15H22BrNO2/c1-10(2)5-6-17-14(18)9-19-13-7-11(3)15(16)12(4)8-13/h7-8,10H,5-6,9H2,1-4H3,(H,17,18). The van der Waals surface area contributed by atoms with Gasteiger partial charge in [0.05, 0.1) is 0 Å². The molecule has 0 saturated heterocycles. The first-order chi connectivity index (χ1) is 8.90. The van der Waals surface area contributed by atoms with E-state index in [1.165, 1.54) is 0 Å². The van der Waals surface area contributed by atoms with Crippen molar-refractivity contribution in [1.82, 2.24) is 5.32 Å². The Morgan fingerprint density at radius 2 is 1.89 bits per heavy atom. The lowest BCUT2D eigenvalue weighted by atomic mass is 10.1. The van der Waals surface area contributed by atoms with Crippen LogP contribution in [0.2, 0.25) is 0 Å². The van der Waals surface area contributed by atoms with Crippen LogP contribution >= 0.6 is 15.9 Å². The Labute approximate surface area is 123 Å². The minimum absolute atomic E-state index is 0.0681. The molecule has 0 atom stereocenters. The number of aryl methyl sites for hydroxylation is 2. The Bertz CT molecular complexity index is 421. The van der Waals surface area contributed by atoms with Gasteiger partial charge in [-0.2, -0.15) is 0 Å². The zero-order chi connectivity index (χ0) is 14.4. The third kappa shape index (κ3) is 5.64. The molecule has 1 rings (SSSR count). The molecule has 106 valence electrons. The maximum atomic E-state index is 11.6. The maximum absolute atomic E-state index is 11.6. The third-order valence-corrected chi connectivity index (χ3v) is 4.07. The Morgan fingerprint density at radius 3 is 2.42 bits per heavy atom. The summed E-state index contributed by atoms with van der Waals surface area (Å²) in [5, 5.41) is 2.85. The summed E-state index contributed by atoms with van der Waals surface area (Å²) < 4.78 is 6.59. The summed E-state index contributed by atoms with van der Waals surface area (Å²) in [4.78, 5) is 11.6. The van der Waals surface area contributed by atoms with E-state index < -0.39 is 0 Å². The molecule has 0 fully saturated rings. The largest absolute Gasteiger partial charge is 0.484 e. The van der Waals surface area contributed by atoms with Gasteiger partial charge in [0.1, 0.15) is 5.75 Å². The Morgan fingerprint density at radius 1 is 1.32 bits per heavy atom. The summed E-state index contributed by atoms with van der Waals surface area (Å²) in [6, 6.07) is 3.86. The second kappa shape index (κ2) is 7.53. The van der Waals surface area contributed by atoms with Crippen LogP contribution in [0.15, 0.2) is 16.6 Å². The SMILES string of the molecule is Cc1cc(OCC(=O)NCCC(C)C)cc(C)c1Br. The molecule has 0 aliphatic rings. The quantitative estimate of drug-likeness (QED) is 0.866. The molecule has 0 bridgehead atoms. The fourth-order valence-electron chi connectivity index (χ4n) is 1.69. The minimum atomic E-state index is -0.0705. The van der Waals surface area contributed by atoms with Crippen molar-refractivity contribution < 1.29 is 9.53 Å². The van der Waals surface area contributed by atoms with Crippen molar-refractivity contribution in [2.45, 2.75) is 34.1 Å². The molecule has 3 nitrogen and oxygen atoms in total. The van der Waals surface area contributed by atoms with Crippen molar-refractivity contribution in [3.8, 4) is 5.75 Å². The number of nitrogens with one attached hydrogen (secondary N) is 1. The molecule has 0 aromatic heterocycles. The third-order valence-electron chi connectivity index (χ3n) is 2.82. The molecule has 19 heavy (non-hydrogen) atoms. The van der Waals surface area contributed by atoms with E-state index in [2.05, 4.69) is 35.1 Å². The Kier molecular flexibility index (Phi) is 6.35. The number of halogens is 1. The van der Waals surface area contributed by atoms with Crippen LogP contribution in [0.5, 0.6) is 5.75 Å². The number of carbonyl (C=O) groups is 1. The summed E-state index contributed by atoms with van der Waals surface area (Å²) in [6.07, 6.45) is 0.988. The van der Waals surface area contributed by atoms with Gasteiger partial charge in [0.15, 0.2) is 6.61 Å². The van der Waals surface area contributed by atoms with E-state index in [9.17, 15) is 4.79 Å². The van der Waals surface area contributed by atoms with Gasteiger partial charge in [-0.3, -0.25) is 4.79 Å². The van der Waals surface area contributed by atoms with Gasteiger partial charge in [0, 0.05) is 11.0 Å². The fourth-order valence-corrected chi connectivity index (χ4v) is 1.92. The fraction of sp³-hybridized carbons (Fsp3) is 0.533. The van der Waals surface area contributed by atoms with Crippen LogP contribution in [-0.2, 0) is 4.79 Å². The number of hydrogen-bond donors (Lipinski definition) is 1. The van der Waals surface area contributed by atoms with Crippen molar-refractivity contribution in [3.05, 3.63) is 27.7 Å². The van der Waals surface area contributed by atoms with Crippen LogP contribution in [0, 0.1) is 19.8 Å². The van der Waals surface area contributed by atoms with E-state index in [4.69, 9.17) is 4.74 Å². The Balaban J connectivity index is 2.42. The molecule has 0 radical (unpaired) electrons. The normalized spacial score (nSPS) is 10.6. The number of benzene rings is 1. The number of ether oxygens (including phenoxy) is 1. The first kappa shape index (κ1) is 16.0. The summed E-state index contributed by atoms with van der Waals surface area (Å²) in [7, 11) is 0. The van der Waals surface area contributed by atoms with Gasteiger partial charge in [-0.25, -0.2) is 0 Å². The van der Waals surface area contributed by atoms with Crippen LogP contribution in [0.25, 0.3) is 0 Å². The lowest BCUT2D eigenvalue weighted by Crippen LogP contribution is -2.30. The van der Waals surface area contributed by atoms with Crippen LogP contribution in [0.4, 0.5) is 0 Å². The van der Waals surface area contributed by atoms with E-state index in [0.717, 1.165) is 27.8 Å². The van der Waals surface area contributed by atoms with Crippen molar-refractivity contribution in [2.75, 3.05) is 13.2 Å². The molecule has 0 aliphatic carbocycles. The van der Waals surface area contributed by atoms with E-state index >= 15 is 0 Å². The van der Waals surface area contributed by atoms with Gasteiger partial charge in [-0.1, -0.05) is 29.8 Å². The van der Waals surface area contributed by atoms with Gasteiger partial charge < -0.3 is 10.1 Å². The van der Waals surface area contributed by atoms with Crippen molar-refractivity contribution in [1.29, 1.82) is 0 Å². The number of carbonyl (C=O) groups excluding carboxylic acids is 1. The number of hydrogen-bond acceptors (Lipinski definition) is 2. The number of amides is 1. The van der Waals surface area contributed by atoms with E-state index in [1.54, 1.807) is 0 Å². The summed E-state index contributed by atoms with van der Waals surface area (Å²) >= 11 is 3.51. The molecule has 4 heteroatoms. The second-order valence-corrected chi connectivity index (χ2v) is 5.99. The molecule has 1 aromatic carbocycles. The zero-order valence-corrected chi connectivity index (χ0v) is 13.6. The molecule has 0 aliphatic heterocycles. The van der Waals surface area contributed by atoms with Crippen LogP contribution in [0.3, 0.4) is 0 Å². The van der Waals surface area contributed by atoms with E-state index in [-0.39, 0.29) is 12.5 Å². The van der Waals surface area contributed by atoms with Gasteiger partial charge in [0.2, 0.25) is 0 Å². The monoisotopic (exact) mass is 327 g/mol. The summed E-state index contributed by atoms with van der Waals surface area (Å²) in [5.74, 6) is 1.26. The van der Waals surface area contributed by atoms with E-state index in [0.29, 0.717) is 12.5 Å². The Hall–Kier alpha value is -1.03. The van der Waals surface area contributed by atoms with Gasteiger partial charge in [-0.15, -0.1) is 0 Å². The van der Waals surface area contributed by atoms with Crippen LogP contribution in [-0.4, -0.2) is 19.1 Å². The molecule has 0 spiro atoms. The average Bonchev–Trinajstić information content (AvgIpc) is 2.32. The lowest BCUT2D eigenvalue weighted by Gasteiger charge is -2.11. The topological polar surface area (TPSA) is 38.3 Å². The van der Waals surface area contributed by atoms with Gasteiger partial charge >= 0.3 is 0 Å². The highest BCUT2D eigenvalue weighted by Crippen LogP contribution is 2.26. The predicted octanol–water partition coefficient (Wildman–Crippen LogP) is 3.61. The highest BCUT2D eigenvalue weighted by Gasteiger charge is 2.06. The van der Waals surface area contributed by atoms with Gasteiger partial charge in [-0.05, 0) is 49.4 Å². The molecule has 0 heterocycles. The zero-order valence-electron chi connectivity index (χ0n) is 12.0. The second-order valence-electron chi connectivity index (χ2n) is 5.19. The van der Waals surface area contributed by atoms with Gasteiger partial charge in [0.25, 0.3) is 5.91 Å². The van der Waals surface area contributed by atoms with Crippen molar-refractivity contribution in [3.63, 3.8) is 0 Å². The average molecular weight is 328 g/mol. The number of rotatable bonds is 6. The highest BCUT2D eigenvalue weighted by molar-refractivity contribution is 9.10. The molecule has 1 amide bonds. The summed E-state index contributed by atoms with van der Waals surface area (Å²) in [6.45, 7) is 9.06. The molecule has 1 aromatic rings. The molecular weight excluding hydrogens is 306 g/mol.